The Hall–Kier alpha value is -2.66. The Bertz CT molecular complexity index is 824. The lowest BCUT2D eigenvalue weighted by atomic mass is 9.91. The highest BCUT2D eigenvalue weighted by Gasteiger charge is 2.21. The number of hydrogen-bond donors (Lipinski definition) is 2. The van der Waals surface area contributed by atoms with Gasteiger partial charge >= 0.3 is 0 Å². The minimum absolute atomic E-state index is 0.0629. The molecule has 2 aliphatic rings. The largest absolute Gasteiger partial charge is 0.348 e. The van der Waals surface area contributed by atoms with Gasteiger partial charge in [-0.05, 0) is 67.1 Å². The summed E-state index contributed by atoms with van der Waals surface area (Å²) in [7, 11) is 0. The van der Waals surface area contributed by atoms with Crippen molar-refractivity contribution in [2.24, 2.45) is 0 Å². The van der Waals surface area contributed by atoms with Crippen LogP contribution in [-0.4, -0.2) is 31.4 Å². The maximum absolute atomic E-state index is 12.4. The lowest BCUT2D eigenvalue weighted by Gasteiger charge is -2.23. The van der Waals surface area contributed by atoms with Crippen LogP contribution in [0.1, 0.15) is 53.1 Å². The molecule has 28 heavy (non-hydrogen) atoms. The fourth-order valence-electron chi connectivity index (χ4n) is 4.04. The van der Waals surface area contributed by atoms with Gasteiger partial charge in [0.05, 0.1) is 0 Å². The topological polar surface area (TPSA) is 61.4 Å². The number of nitrogens with zero attached hydrogens (tertiary/aromatic N) is 1. The molecule has 2 aromatic rings. The molecule has 2 fully saturated rings. The summed E-state index contributed by atoms with van der Waals surface area (Å²) in [4.78, 5) is 26.1. The van der Waals surface area contributed by atoms with E-state index in [4.69, 9.17) is 0 Å². The smallest absolute Gasteiger partial charge is 0.251 e. The first-order valence-corrected chi connectivity index (χ1v) is 10.2. The molecule has 0 aromatic heterocycles. The zero-order valence-corrected chi connectivity index (χ0v) is 16.1. The first kappa shape index (κ1) is 18.7. The molecule has 0 spiro atoms. The van der Waals surface area contributed by atoms with Crippen molar-refractivity contribution in [3.63, 3.8) is 0 Å². The van der Waals surface area contributed by atoms with Crippen LogP contribution < -0.4 is 15.5 Å². The van der Waals surface area contributed by atoms with Crippen LogP contribution in [0.25, 0.3) is 0 Å². The van der Waals surface area contributed by atoms with Gasteiger partial charge in [0, 0.05) is 37.3 Å². The summed E-state index contributed by atoms with van der Waals surface area (Å²) in [6, 6.07) is 15.8. The van der Waals surface area contributed by atoms with Crippen molar-refractivity contribution in [2.45, 2.75) is 38.1 Å². The molecule has 2 saturated heterocycles. The third-order valence-electron chi connectivity index (χ3n) is 5.72. The molecule has 1 atom stereocenters. The van der Waals surface area contributed by atoms with E-state index in [9.17, 15) is 9.59 Å². The van der Waals surface area contributed by atoms with Crippen LogP contribution in [0.5, 0.6) is 0 Å². The van der Waals surface area contributed by atoms with Gasteiger partial charge in [0.25, 0.3) is 5.91 Å². The lowest BCUT2D eigenvalue weighted by Crippen LogP contribution is -2.28. The van der Waals surface area contributed by atoms with Crippen LogP contribution in [-0.2, 0) is 11.3 Å². The molecular weight excluding hydrogens is 350 g/mol. The summed E-state index contributed by atoms with van der Waals surface area (Å²) in [5.74, 6) is 0.674. The highest BCUT2D eigenvalue weighted by atomic mass is 16.2. The number of rotatable bonds is 5. The third-order valence-corrected chi connectivity index (χ3v) is 5.72. The van der Waals surface area contributed by atoms with E-state index < -0.39 is 0 Å². The van der Waals surface area contributed by atoms with Crippen LogP contribution in [0.2, 0.25) is 0 Å². The summed E-state index contributed by atoms with van der Waals surface area (Å²) in [5, 5.41) is 6.41. The van der Waals surface area contributed by atoms with E-state index in [2.05, 4.69) is 22.8 Å². The second-order valence-electron chi connectivity index (χ2n) is 7.66. The van der Waals surface area contributed by atoms with Crippen LogP contribution >= 0.6 is 0 Å². The maximum Gasteiger partial charge on any atom is 0.251 e. The third kappa shape index (κ3) is 4.25. The molecule has 1 unspecified atom stereocenters. The average Bonchev–Trinajstić information content (AvgIpc) is 3.19. The number of hydrogen-bond acceptors (Lipinski definition) is 3. The number of nitrogens with one attached hydrogen (secondary N) is 2. The molecule has 5 heteroatoms. The van der Waals surface area contributed by atoms with Crippen molar-refractivity contribution >= 4 is 17.5 Å². The van der Waals surface area contributed by atoms with Crippen molar-refractivity contribution in [3.8, 4) is 0 Å². The van der Waals surface area contributed by atoms with Gasteiger partial charge in [-0.25, -0.2) is 0 Å². The normalized spacial score (nSPS) is 19.6. The van der Waals surface area contributed by atoms with Crippen LogP contribution in [0, 0.1) is 0 Å². The van der Waals surface area contributed by atoms with Gasteiger partial charge in [-0.2, -0.15) is 0 Å². The van der Waals surface area contributed by atoms with E-state index in [1.807, 2.05) is 41.3 Å². The van der Waals surface area contributed by atoms with Crippen molar-refractivity contribution < 1.29 is 9.59 Å². The number of carbonyl (C=O) groups excluding carboxylic acids is 2. The highest BCUT2D eigenvalue weighted by Crippen LogP contribution is 2.24. The second-order valence-corrected chi connectivity index (χ2v) is 7.66. The van der Waals surface area contributed by atoms with E-state index in [1.165, 1.54) is 18.4 Å². The van der Waals surface area contributed by atoms with E-state index >= 15 is 0 Å². The summed E-state index contributed by atoms with van der Waals surface area (Å²) in [6.07, 6.45) is 3.97. The zero-order chi connectivity index (χ0) is 19.3. The van der Waals surface area contributed by atoms with Crippen molar-refractivity contribution in [3.05, 3.63) is 65.2 Å². The van der Waals surface area contributed by atoms with E-state index in [0.29, 0.717) is 24.4 Å². The fourth-order valence-corrected chi connectivity index (χ4v) is 4.04. The maximum atomic E-state index is 12.4. The average molecular weight is 377 g/mol. The predicted molar refractivity (Wildman–Crippen MR) is 110 cm³/mol. The van der Waals surface area contributed by atoms with Gasteiger partial charge < -0.3 is 15.5 Å². The van der Waals surface area contributed by atoms with E-state index in [1.54, 1.807) is 0 Å². The van der Waals surface area contributed by atoms with E-state index in [-0.39, 0.29) is 11.8 Å². The van der Waals surface area contributed by atoms with Gasteiger partial charge in [-0.15, -0.1) is 0 Å². The van der Waals surface area contributed by atoms with Crippen LogP contribution in [0.15, 0.2) is 48.5 Å². The monoisotopic (exact) mass is 377 g/mol. The minimum atomic E-state index is -0.0629. The molecule has 4 rings (SSSR count). The van der Waals surface area contributed by atoms with Gasteiger partial charge in [0.2, 0.25) is 5.91 Å². The summed E-state index contributed by atoms with van der Waals surface area (Å²) >= 11 is 0. The Balaban J connectivity index is 1.32. The highest BCUT2D eigenvalue weighted by molar-refractivity contribution is 5.95. The molecule has 2 aromatic carbocycles. The number of carbonyl (C=O) groups is 2. The molecule has 0 bridgehead atoms. The Morgan fingerprint density at radius 3 is 2.50 bits per heavy atom. The molecular formula is C23H27N3O2. The number of amides is 2. The van der Waals surface area contributed by atoms with Crippen LogP contribution in [0.4, 0.5) is 5.69 Å². The van der Waals surface area contributed by atoms with Gasteiger partial charge in [-0.3, -0.25) is 9.59 Å². The van der Waals surface area contributed by atoms with Crippen molar-refractivity contribution in [1.29, 1.82) is 0 Å². The molecule has 2 aliphatic heterocycles. The number of anilines is 1. The van der Waals surface area contributed by atoms with Crippen LogP contribution in [0.3, 0.4) is 0 Å². The Morgan fingerprint density at radius 1 is 1.07 bits per heavy atom. The molecule has 146 valence electrons. The minimum Gasteiger partial charge on any atom is -0.348 e. The molecule has 2 amide bonds. The van der Waals surface area contributed by atoms with Gasteiger partial charge in [0.15, 0.2) is 0 Å². The summed E-state index contributed by atoms with van der Waals surface area (Å²) in [5.41, 5.74) is 3.95. The molecule has 0 aliphatic carbocycles. The standard InChI is InChI=1S/C23H27N3O2/c27-22-4-2-14-26(22)21-11-5-17(6-12-21)15-25-23(28)19-9-7-18(8-10-19)20-3-1-13-24-16-20/h5-12,20,24H,1-4,13-16H2,(H,25,28). The molecule has 0 radical (unpaired) electrons. The van der Waals surface area contributed by atoms with Gasteiger partial charge in [0.1, 0.15) is 0 Å². The lowest BCUT2D eigenvalue weighted by molar-refractivity contribution is -0.117. The molecule has 5 nitrogen and oxygen atoms in total. The number of piperidine rings is 1. The second kappa shape index (κ2) is 8.57. The SMILES string of the molecule is O=C(NCc1ccc(N2CCCC2=O)cc1)c1ccc(C2CCCNC2)cc1. The quantitative estimate of drug-likeness (QED) is 0.841. The Morgan fingerprint density at radius 2 is 1.86 bits per heavy atom. The molecule has 2 heterocycles. The fraction of sp³-hybridized carbons (Fsp3) is 0.391. The van der Waals surface area contributed by atoms with Crippen molar-refractivity contribution in [1.82, 2.24) is 10.6 Å². The Labute approximate surface area is 166 Å². The predicted octanol–water partition coefficient (Wildman–Crippen LogP) is 3.21. The number of benzene rings is 2. The molecule has 0 saturated carbocycles. The van der Waals surface area contributed by atoms with E-state index in [0.717, 1.165) is 37.3 Å². The molecule has 2 N–H and O–H groups in total. The van der Waals surface area contributed by atoms with Crippen molar-refractivity contribution in [2.75, 3.05) is 24.5 Å². The summed E-state index contributed by atoms with van der Waals surface area (Å²) < 4.78 is 0. The summed E-state index contributed by atoms with van der Waals surface area (Å²) in [6.45, 7) is 3.39. The Kier molecular flexibility index (Phi) is 5.72. The first-order valence-electron chi connectivity index (χ1n) is 10.2. The zero-order valence-electron chi connectivity index (χ0n) is 16.1. The van der Waals surface area contributed by atoms with Gasteiger partial charge in [-0.1, -0.05) is 24.3 Å². The first-order chi connectivity index (χ1) is 13.7.